The van der Waals surface area contributed by atoms with Gasteiger partial charge in [-0.05, 0) is 13.8 Å². The lowest BCUT2D eigenvalue weighted by Crippen LogP contribution is -2.36. The first-order valence-corrected chi connectivity index (χ1v) is 7.85. The predicted molar refractivity (Wildman–Crippen MR) is 79.7 cm³/mol. The number of aromatic nitrogens is 2. The maximum atomic E-state index is 11.8. The van der Waals surface area contributed by atoms with Gasteiger partial charge in [-0.15, -0.1) is 22.7 Å². The zero-order chi connectivity index (χ0) is 15.4. The monoisotopic (exact) mass is 326 g/mol. The summed E-state index contributed by atoms with van der Waals surface area (Å²) >= 11 is 2.69. The standard InChI is InChI=1S/C12H14N4O3S2/c1-6-4-20-9(14-6)3-13-12(19)15-7(2)10-16-8(5-21-10)11(17)18/h4-5,7H,3H2,1-2H3,(H,17,18)(H2,13,15,19). The van der Waals surface area contributed by atoms with Crippen LogP contribution in [0.15, 0.2) is 10.8 Å². The Morgan fingerprint density at radius 3 is 2.67 bits per heavy atom. The summed E-state index contributed by atoms with van der Waals surface area (Å²) in [6, 6.07) is -0.705. The van der Waals surface area contributed by atoms with E-state index in [1.165, 1.54) is 28.1 Å². The molecule has 0 fully saturated rings. The van der Waals surface area contributed by atoms with Gasteiger partial charge in [0.1, 0.15) is 10.0 Å². The number of rotatable bonds is 5. The average Bonchev–Trinajstić information content (AvgIpc) is 3.05. The van der Waals surface area contributed by atoms with Crippen molar-refractivity contribution < 1.29 is 14.7 Å². The van der Waals surface area contributed by atoms with Crippen LogP contribution in [0.2, 0.25) is 0 Å². The highest BCUT2D eigenvalue weighted by Crippen LogP contribution is 2.17. The number of urea groups is 1. The molecule has 2 amide bonds. The zero-order valence-corrected chi connectivity index (χ0v) is 13.0. The number of nitrogens with zero attached hydrogens (tertiary/aromatic N) is 2. The third kappa shape index (κ3) is 4.23. The Kier molecular flexibility index (Phi) is 4.86. The highest BCUT2D eigenvalue weighted by atomic mass is 32.1. The highest BCUT2D eigenvalue weighted by molar-refractivity contribution is 7.10. The van der Waals surface area contributed by atoms with E-state index in [0.717, 1.165) is 10.7 Å². The van der Waals surface area contributed by atoms with E-state index >= 15 is 0 Å². The Morgan fingerprint density at radius 2 is 2.10 bits per heavy atom. The third-order valence-electron chi connectivity index (χ3n) is 2.53. The van der Waals surface area contributed by atoms with Gasteiger partial charge in [-0.25, -0.2) is 19.6 Å². The van der Waals surface area contributed by atoms with Crippen LogP contribution < -0.4 is 10.6 Å². The summed E-state index contributed by atoms with van der Waals surface area (Å²) in [5.41, 5.74) is 0.914. The third-order valence-corrected chi connectivity index (χ3v) is 4.52. The molecule has 2 heterocycles. The summed E-state index contributed by atoms with van der Waals surface area (Å²) in [5.74, 6) is -1.08. The maximum Gasteiger partial charge on any atom is 0.355 e. The summed E-state index contributed by atoms with van der Waals surface area (Å²) < 4.78 is 0. The summed E-state index contributed by atoms with van der Waals surface area (Å²) in [6.07, 6.45) is 0. The second kappa shape index (κ2) is 6.64. The lowest BCUT2D eigenvalue weighted by molar-refractivity contribution is 0.0691. The number of carbonyl (C=O) groups excluding carboxylic acids is 1. The van der Waals surface area contributed by atoms with Gasteiger partial charge in [0.2, 0.25) is 0 Å². The van der Waals surface area contributed by atoms with Gasteiger partial charge in [0, 0.05) is 16.5 Å². The SMILES string of the molecule is Cc1csc(CNC(=O)NC(C)c2nc(C(=O)O)cs2)n1. The van der Waals surface area contributed by atoms with Crippen molar-refractivity contribution in [1.29, 1.82) is 0 Å². The smallest absolute Gasteiger partial charge is 0.355 e. The molecule has 0 spiro atoms. The molecule has 0 radical (unpaired) electrons. The lowest BCUT2D eigenvalue weighted by atomic mass is 10.3. The number of hydrogen-bond acceptors (Lipinski definition) is 6. The minimum Gasteiger partial charge on any atom is -0.476 e. The summed E-state index contributed by atoms with van der Waals surface area (Å²) in [6.45, 7) is 4.00. The molecule has 7 nitrogen and oxygen atoms in total. The van der Waals surface area contributed by atoms with E-state index in [0.29, 0.717) is 11.6 Å². The number of carboxylic acids is 1. The maximum absolute atomic E-state index is 11.8. The molecule has 0 aliphatic rings. The molecule has 0 saturated heterocycles. The van der Waals surface area contributed by atoms with Gasteiger partial charge in [0.25, 0.3) is 0 Å². The predicted octanol–water partition coefficient (Wildman–Crippen LogP) is 2.17. The quantitative estimate of drug-likeness (QED) is 0.781. The first kappa shape index (κ1) is 15.4. The van der Waals surface area contributed by atoms with E-state index in [2.05, 4.69) is 20.6 Å². The Hall–Kier alpha value is -2.00. The van der Waals surface area contributed by atoms with E-state index in [-0.39, 0.29) is 17.8 Å². The van der Waals surface area contributed by atoms with Crippen LogP contribution in [0.3, 0.4) is 0 Å². The molecule has 0 aromatic carbocycles. The lowest BCUT2D eigenvalue weighted by Gasteiger charge is -2.11. The van der Waals surface area contributed by atoms with Gasteiger partial charge in [-0.1, -0.05) is 0 Å². The fourth-order valence-electron chi connectivity index (χ4n) is 1.53. The number of hydrogen-bond donors (Lipinski definition) is 3. The molecule has 0 bridgehead atoms. The van der Waals surface area contributed by atoms with Crippen molar-refractivity contribution in [3.05, 3.63) is 32.2 Å². The topological polar surface area (TPSA) is 104 Å². The van der Waals surface area contributed by atoms with Crippen LogP contribution in [0.5, 0.6) is 0 Å². The molecule has 0 saturated carbocycles. The van der Waals surface area contributed by atoms with Crippen molar-refractivity contribution in [2.75, 3.05) is 0 Å². The van der Waals surface area contributed by atoms with Crippen LogP contribution in [0.1, 0.15) is 39.2 Å². The van der Waals surface area contributed by atoms with Gasteiger partial charge in [0.05, 0.1) is 12.6 Å². The van der Waals surface area contributed by atoms with E-state index in [4.69, 9.17) is 5.11 Å². The largest absolute Gasteiger partial charge is 0.476 e. The van der Waals surface area contributed by atoms with Crippen molar-refractivity contribution >= 4 is 34.7 Å². The second-order valence-corrected chi connectivity index (χ2v) is 6.14. The Labute approximate surface area is 129 Å². The fraction of sp³-hybridized carbons (Fsp3) is 0.333. The number of amides is 2. The van der Waals surface area contributed by atoms with E-state index in [1.54, 1.807) is 6.92 Å². The Balaban J connectivity index is 1.85. The van der Waals surface area contributed by atoms with E-state index in [1.807, 2.05) is 12.3 Å². The minimum absolute atomic E-state index is 0.0117. The van der Waals surface area contributed by atoms with Gasteiger partial charge in [0.15, 0.2) is 5.69 Å². The number of thiazole rings is 2. The van der Waals surface area contributed by atoms with E-state index < -0.39 is 5.97 Å². The van der Waals surface area contributed by atoms with Crippen LogP contribution in [0, 0.1) is 6.92 Å². The molecule has 21 heavy (non-hydrogen) atoms. The molecule has 1 atom stereocenters. The van der Waals surface area contributed by atoms with E-state index in [9.17, 15) is 9.59 Å². The molecule has 3 N–H and O–H groups in total. The normalized spacial score (nSPS) is 11.9. The van der Waals surface area contributed by atoms with Crippen molar-refractivity contribution in [3.8, 4) is 0 Å². The summed E-state index contributed by atoms with van der Waals surface area (Å²) in [5, 5.41) is 19.0. The molecule has 2 rings (SSSR count). The summed E-state index contributed by atoms with van der Waals surface area (Å²) in [7, 11) is 0. The van der Waals surface area contributed by atoms with Gasteiger partial charge < -0.3 is 15.7 Å². The number of aromatic carboxylic acids is 1. The minimum atomic E-state index is -1.08. The summed E-state index contributed by atoms with van der Waals surface area (Å²) in [4.78, 5) is 30.7. The molecule has 2 aromatic heterocycles. The van der Waals surface area contributed by atoms with Crippen LogP contribution in [0.4, 0.5) is 4.79 Å². The molecule has 112 valence electrons. The van der Waals surface area contributed by atoms with Gasteiger partial charge in [-0.2, -0.15) is 0 Å². The first-order valence-electron chi connectivity index (χ1n) is 6.10. The molecule has 0 aliphatic carbocycles. The number of aryl methyl sites for hydroxylation is 1. The van der Waals surface area contributed by atoms with Crippen molar-refractivity contribution in [2.45, 2.75) is 26.4 Å². The molecule has 9 heteroatoms. The highest BCUT2D eigenvalue weighted by Gasteiger charge is 2.15. The molecule has 0 aliphatic heterocycles. The number of carbonyl (C=O) groups is 2. The van der Waals surface area contributed by atoms with Crippen LogP contribution in [0.25, 0.3) is 0 Å². The molecular formula is C12H14N4O3S2. The Morgan fingerprint density at radius 1 is 1.33 bits per heavy atom. The van der Waals surface area contributed by atoms with Crippen LogP contribution in [-0.2, 0) is 6.54 Å². The first-order chi connectivity index (χ1) is 9.95. The zero-order valence-electron chi connectivity index (χ0n) is 11.4. The van der Waals surface area contributed by atoms with Crippen LogP contribution >= 0.6 is 22.7 Å². The van der Waals surface area contributed by atoms with Gasteiger partial charge >= 0.3 is 12.0 Å². The van der Waals surface area contributed by atoms with Crippen LogP contribution in [-0.4, -0.2) is 27.1 Å². The number of carboxylic acid groups (broad SMARTS) is 1. The van der Waals surface area contributed by atoms with Crippen molar-refractivity contribution in [3.63, 3.8) is 0 Å². The van der Waals surface area contributed by atoms with Crippen molar-refractivity contribution in [2.24, 2.45) is 0 Å². The molecule has 2 aromatic rings. The van der Waals surface area contributed by atoms with Gasteiger partial charge in [-0.3, -0.25) is 0 Å². The average molecular weight is 326 g/mol. The number of nitrogens with one attached hydrogen (secondary N) is 2. The Bertz CT molecular complexity index is 652. The molecule has 1 unspecified atom stereocenters. The van der Waals surface area contributed by atoms with Crippen molar-refractivity contribution in [1.82, 2.24) is 20.6 Å². The molecular weight excluding hydrogens is 312 g/mol. The second-order valence-electron chi connectivity index (χ2n) is 4.31. The fourth-order valence-corrected chi connectivity index (χ4v) is 3.05.